The molecule has 0 bridgehead atoms. The highest BCUT2D eigenvalue weighted by molar-refractivity contribution is 5.76. The van der Waals surface area contributed by atoms with Crippen LogP contribution in [-0.2, 0) is 4.79 Å². The van der Waals surface area contributed by atoms with E-state index in [1.807, 2.05) is 4.90 Å². The van der Waals surface area contributed by atoms with Gasteiger partial charge in [-0.05, 0) is 50.6 Å². The van der Waals surface area contributed by atoms with Gasteiger partial charge in [0.05, 0.1) is 0 Å². The molecular weight excluding hydrogens is 216 g/mol. The molecule has 0 aromatic heterocycles. The van der Waals surface area contributed by atoms with Crippen molar-refractivity contribution < 1.29 is 9.90 Å². The Labute approximate surface area is 103 Å². The zero-order chi connectivity index (χ0) is 12.1. The maximum Gasteiger partial charge on any atom is 0.222 e. The van der Waals surface area contributed by atoms with Crippen molar-refractivity contribution in [3.8, 4) is 0 Å². The molecular formula is C13H24N2O2. The molecule has 1 atom stereocenters. The molecule has 0 saturated carbocycles. The van der Waals surface area contributed by atoms with Crippen LogP contribution in [0.15, 0.2) is 0 Å². The van der Waals surface area contributed by atoms with Gasteiger partial charge in [0.25, 0.3) is 0 Å². The molecule has 0 spiro atoms. The van der Waals surface area contributed by atoms with Gasteiger partial charge in [-0.1, -0.05) is 0 Å². The van der Waals surface area contributed by atoms with Crippen LogP contribution in [0.1, 0.15) is 32.1 Å². The predicted molar refractivity (Wildman–Crippen MR) is 66.6 cm³/mol. The number of carbonyl (C=O) groups excluding carboxylic acids is 1. The Morgan fingerprint density at radius 2 is 2.00 bits per heavy atom. The first kappa shape index (κ1) is 12.8. The highest BCUT2D eigenvalue weighted by Crippen LogP contribution is 2.23. The topological polar surface area (TPSA) is 52.6 Å². The standard InChI is InChI=1S/C13H24N2O2/c16-8-4-12-3-7-15(10-12)13(17)9-11-1-5-14-6-2-11/h11-12,14,16H,1-10H2. The normalized spacial score (nSPS) is 26.4. The molecule has 4 heteroatoms. The lowest BCUT2D eigenvalue weighted by Crippen LogP contribution is -2.34. The number of nitrogens with one attached hydrogen (secondary N) is 1. The van der Waals surface area contributed by atoms with Gasteiger partial charge in [0.15, 0.2) is 0 Å². The maximum atomic E-state index is 12.1. The molecule has 0 aromatic rings. The molecule has 2 rings (SSSR count). The van der Waals surface area contributed by atoms with E-state index in [0.29, 0.717) is 17.7 Å². The van der Waals surface area contributed by atoms with Gasteiger partial charge in [0, 0.05) is 26.1 Å². The third-order valence-electron chi connectivity index (χ3n) is 4.10. The van der Waals surface area contributed by atoms with Gasteiger partial charge in [-0.25, -0.2) is 0 Å². The lowest BCUT2D eigenvalue weighted by Gasteiger charge is -2.24. The summed E-state index contributed by atoms with van der Waals surface area (Å²) in [6, 6.07) is 0. The molecule has 2 fully saturated rings. The Morgan fingerprint density at radius 1 is 1.24 bits per heavy atom. The van der Waals surface area contributed by atoms with Crippen molar-refractivity contribution in [1.29, 1.82) is 0 Å². The second-order valence-electron chi connectivity index (χ2n) is 5.40. The van der Waals surface area contributed by atoms with Gasteiger partial charge in [0.2, 0.25) is 5.91 Å². The monoisotopic (exact) mass is 240 g/mol. The van der Waals surface area contributed by atoms with Gasteiger partial charge in [0.1, 0.15) is 0 Å². The van der Waals surface area contributed by atoms with E-state index >= 15 is 0 Å². The largest absolute Gasteiger partial charge is 0.396 e. The summed E-state index contributed by atoms with van der Waals surface area (Å²) < 4.78 is 0. The van der Waals surface area contributed by atoms with Crippen molar-refractivity contribution in [2.24, 2.45) is 11.8 Å². The van der Waals surface area contributed by atoms with Crippen LogP contribution in [0.4, 0.5) is 0 Å². The molecule has 17 heavy (non-hydrogen) atoms. The van der Waals surface area contributed by atoms with Gasteiger partial charge >= 0.3 is 0 Å². The summed E-state index contributed by atoms with van der Waals surface area (Å²) in [4.78, 5) is 14.1. The summed E-state index contributed by atoms with van der Waals surface area (Å²) in [5.41, 5.74) is 0. The number of aliphatic hydroxyl groups is 1. The Balaban J connectivity index is 1.72. The number of hydrogen-bond acceptors (Lipinski definition) is 3. The number of likely N-dealkylation sites (tertiary alicyclic amines) is 1. The number of amides is 1. The van der Waals surface area contributed by atoms with E-state index in [-0.39, 0.29) is 6.61 Å². The molecule has 4 nitrogen and oxygen atoms in total. The van der Waals surface area contributed by atoms with E-state index in [9.17, 15) is 4.79 Å². The molecule has 2 aliphatic rings. The van der Waals surface area contributed by atoms with Crippen LogP contribution in [0, 0.1) is 11.8 Å². The Bertz CT molecular complexity index is 252. The number of hydrogen-bond donors (Lipinski definition) is 2. The number of aliphatic hydroxyl groups excluding tert-OH is 1. The van der Waals surface area contributed by atoms with Crippen molar-refractivity contribution in [3.05, 3.63) is 0 Å². The second-order valence-corrected chi connectivity index (χ2v) is 5.40. The highest BCUT2D eigenvalue weighted by atomic mass is 16.3. The molecule has 0 radical (unpaired) electrons. The van der Waals surface area contributed by atoms with Gasteiger partial charge in [-0.3, -0.25) is 4.79 Å². The van der Waals surface area contributed by atoms with Crippen molar-refractivity contribution in [2.45, 2.75) is 32.1 Å². The summed E-state index contributed by atoms with van der Waals surface area (Å²) in [6.07, 6.45) is 4.92. The van der Waals surface area contributed by atoms with Crippen LogP contribution in [0.25, 0.3) is 0 Å². The van der Waals surface area contributed by atoms with Crippen LogP contribution in [0.5, 0.6) is 0 Å². The average Bonchev–Trinajstić information content (AvgIpc) is 2.79. The van der Waals surface area contributed by atoms with E-state index in [0.717, 1.165) is 58.3 Å². The summed E-state index contributed by atoms with van der Waals surface area (Å²) in [7, 11) is 0. The molecule has 2 aliphatic heterocycles. The Morgan fingerprint density at radius 3 is 2.71 bits per heavy atom. The fourth-order valence-electron chi connectivity index (χ4n) is 2.94. The number of nitrogens with zero attached hydrogens (tertiary/aromatic N) is 1. The summed E-state index contributed by atoms with van der Waals surface area (Å²) in [5.74, 6) is 1.44. The molecule has 98 valence electrons. The maximum absolute atomic E-state index is 12.1. The molecule has 2 heterocycles. The zero-order valence-corrected chi connectivity index (χ0v) is 10.5. The third-order valence-corrected chi connectivity index (χ3v) is 4.10. The quantitative estimate of drug-likeness (QED) is 0.757. The van der Waals surface area contributed by atoms with E-state index in [1.165, 1.54) is 0 Å². The molecule has 0 aliphatic carbocycles. The first-order valence-corrected chi connectivity index (χ1v) is 6.89. The average molecular weight is 240 g/mol. The summed E-state index contributed by atoms with van der Waals surface area (Å²) in [6.45, 7) is 4.13. The third kappa shape index (κ3) is 3.68. The lowest BCUT2D eigenvalue weighted by molar-refractivity contribution is -0.131. The Kier molecular flexibility index (Phi) is 4.80. The minimum absolute atomic E-state index is 0.251. The van der Waals surface area contributed by atoms with Crippen molar-refractivity contribution in [2.75, 3.05) is 32.8 Å². The smallest absolute Gasteiger partial charge is 0.222 e. The first-order chi connectivity index (χ1) is 8.29. The fraction of sp³-hybridized carbons (Fsp3) is 0.923. The van der Waals surface area contributed by atoms with Crippen LogP contribution in [0.2, 0.25) is 0 Å². The zero-order valence-electron chi connectivity index (χ0n) is 10.5. The summed E-state index contributed by atoms with van der Waals surface area (Å²) >= 11 is 0. The summed E-state index contributed by atoms with van der Waals surface area (Å²) in [5, 5.41) is 12.2. The van der Waals surface area contributed by atoms with Gasteiger partial charge in [-0.2, -0.15) is 0 Å². The second kappa shape index (κ2) is 6.36. The molecule has 0 aromatic carbocycles. The van der Waals surface area contributed by atoms with E-state index in [1.54, 1.807) is 0 Å². The lowest BCUT2D eigenvalue weighted by atomic mass is 9.94. The predicted octanol–water partition coefficient (Wildman–Crippen LogP) is 0.607. The SMILES string of the molecule is O=C(CC1CCNCC1)N1CCC(CCO)C1. The highest BCUT2D eigenvalue weighted by Gasteiger charge is 2.27. The van der Waals surface area contributed by atoms with Gasteiger partial charge in [-0.15, -0.1) is 0 Å². The fourth-order valence-corrected chi connectivity index (χ4v) is 2.94. The van der Waals surface area contributed by atoms with Crippen LogP contribution >= 0.6 is 0 Å². The van der Waals surface area contributed by atoms with Crippen LogP contribution in [-0.4, -0.2) is 48.7 Å². The number of piperidine rings is 1. The van der Waals surface area contributed by atoms with Crippen molar-refractivity contribution in [3.63, 3.8) is 0 Å². The Hall–Kier alpha value is -0.610. The van der Waals surface area contributed by atoms with Crippen molar-refractivity contribution >= 4 is 5.91 Å². The van der Waals surface area contributed by atoms with Crippen LogP contribution < -0.4 is 5.32 Å². The number of carbonyl (C=O) groups is 1. The van der Waals surface area contributed by atoms with Gasteiger partial charge < -0.3 is 15.3 Å². The minimum atomic E-state index is 0.251. The van der Waals surface area contributed by atoms with E-state index in [4.69, 9.17) is 5.11 Å². The van der Waals surface area contributed by atoms with Crippen LogP contribution in [0.3, 0.4) is 0 Å². The molecule has 2 N–H and O–H groups in total. The molecule has 1 amide bonds. The minimum Gasteiger partial charge on any atom is -0.396 e. The molecule has 1 unspecified atom stereocenters. The van der Waals surface area contributed by atoms with Crippen molar-refractivity contribution in [1.82, 2.24) is 10.2 Å². The number of rotatable bonds is 4. The van der Waals surface area contributed by atoms with E-state index < -0.39 is 0 Å². The van der Waals surface area contributed by atoms with E-state index in [2.05, 4.69) is 5.32 Å². The molecule has 2 saturated heterocycles. The first-order valence-electron chi connectivity index (χ1n) is 6.89.